The average Bonchev–Trinajstić information content (AvgIpc) is 3.31. The third kappa shape index (κ3) is 4.78. The van der Waals surface area contributed by atoms with Gasteiger partial charge in [-0.1, -0.05) is 42.5 Å². The molecule has 1 N–H and O–H groups in total. The number of carbonyl (C=O) groups excluding carboxylic acids is 1. The highest BCUT2D eigenvalue weighted by Gasteiger charge is 2.43. The van der Waals surface area contributed by atoms with Gasteiger partial charge in [0.2, 0.25) is 0 Å². The van der Waals surface area contributed by atoms with Crippen molar-refractivity contribution in [3.05, 3.63) is 95.6 Å². The topological polar surface area (TPSA) is 63.2 Å². The van der Waals surface area contributed by atoms with Gasteiger partial charge in [0.1, 0.15) is 11.5 Å². The van der Waals surface area contributed by atoms with Crippen LogP contribution in [0.3, 0.4) is 0 Å². The van der Waals surface area contributed by atoms with Crippen LogP contribution in [0.15, 0.2) is 89.5 Å². The molecule has 5 rings (SSSR count). The Balaban J connectivity index is 1.50. The smallest absolute Gasteiger partial charge is 0.342 e. The number of fused-ring (bicyclic) bond motifs is 1. The molecule has 2 atom stereocenters. The maximum absolute atomic E-state index is 13.5. The number of nitrogens with one attached hydrogen (secondary N) is 1. The molecule has 6 nitrogen and oxygen atoms in total. The van der Waals surface area contributed by atoms with Crippen molar-refractivity contribution in [1.82, 2.24) is 5.01 Å². The van der Waals surface area contributed by atoms with E-state index in [1.165, 1.54) is 5.57 Å². The second kappa shape index (κ2) is 10.1. The van der Waals surface area contributed by atoms with E-state index in [0.717, 1.165) is 53.3 Å². The number of hydrazone groups is 1. The quantitative estimate of drug-likeness (QED) is 0.464. The van der Waals surface area contributed by atoms with E-state index in [9.17, 15) is 4.79 Å². The molecule has 0 bridgehead atoms. The van der Waals surface area contributed by atoms with Crippen molar-refractivity contribution < 1.29 is 14.3 Å². The number of hydrogen-bond donors (Lipinski definition) is 1. The van der Waals surface area contributed by atoms with Gasteiger partial charge in [-0.15, -0.1) is 0 Å². The molecule has 2 aliphatic rings. The molecule has 0 aromatic heterocycles. The summed E-state index contributed by atoms with van der Waals surface area (Å²) in [5.41, 5.74) is 5.06. The van der Waals surface area contributed by atoms with Crippen LogP contribution in [0.4, 0.5) is 10.5 Å². The van der Waals surface area contributed by atoms with Crippen LogP contribution in [0.25, 0.3) is 6.08 Å². The highest BCUT2D eigenvalue weighted by Crippen LogP contribution is 2.44. The Bertz CT molecular complexity index is 1230. The van der Waals surface area contributed by atoms with Crippen LogP contribution in [-0.4, -0.2) is 31.0 Å². The Morgan fingerprint density at radius 1 is 0.943 bits per heavy atom. The van der Waals surface area contributed by atoms with E-state index in [-0.39, 0.29) is 18.0 Å². The molecule has 1 fully saturated rings. The van der Waals surface area contributed by atoms with Crippen LogP contribution in [0.2, 0.25) is 0 Å². The van der Waals surface area contributed by atoms with E-state index in [0.29, 0.717) is 0 Å². The number of amides is 2. The third-order valence-electron chi connectivity index (χ3n) is 6.65. The number of allylic oxidation sites excluding steroid dienone is 1. The highest BCUT2D eigenvalue weighted by atomic mass is 16.5. The summed E-state index contributed by atoms with van der Waals surface area (Å²) in [6, 6.07) is 25.1. The van der Waals surface area contributed by atoms with Crippen LogP contribution in [0.5, 0.6) is 11.5 Å². The summed E-state index contributed by atoms with van der Waals surface area (Å²) in [5, 5.41) is 9.57. The van der Waals surface area contributed by atoms with E-state index in [4.69, 9.17) is 14.6 Å². The largest absolute Gasteiger partial charge is 0.497 e. The number of rotatable bonds is 5. The number of methoxy groups -OCH3 is 2. The molecule has 3 aromatic rings. The van der Waals surface area contributed by atoms with Crippen molar-refractivity contribution in [3.63, 3.8) is 0 Å². The molecule has 0 radical (unpaired) electrons. The lowest BCUT2D eigenvalue weighted by atomic mass is 9.77. The number of nitrogens with zero attached hydrogens (tertiary/aromatic N) is 2. The lowest BCUT2D eigenvalue weighted by Crippen LogP contribution is -2.34. The van der Waals surface area contributed by atoms with Crippen molar-refractivity contribution >= 4 is 23.5 Å². The molecular formula is C29H29N3O3. The molecule has 0 unspecified atom stereocenters. The first-order valence-corrected chi connectivity index (χ1v) is 11.9. The minimum absolute atomic E-state index is 0.128. The molecule has 1 aliphatic heterocycles. The summed E-state index contributed by atoms with van der Waals surface area (Å²) in [4.78, 5) is 13.5. The normalized spacial score (nSPS) is 20.2. The number of urea groups is 1. The van der Waals surface area contributed by atoms with Crippen molar-refractivity contribution in [2.75, 3.05) is 19.5 Å². The molecule has 35 heavy (non-hydrogen) atoms. The fourth-order valence-corrected chi connectivity index (χ4v) is 4.91. The van der Waals surface area contributed by atoms with Gasteiger partial charge in [-0.2, -0.15) is 5.10 Å². The number of benzene rings is 3. The predicted molar refractivity (Wildman–Crippen MR) is 139 cm³/mol. The second-order valence-corrected chi connectivity index (χ2v) is 8.79. The van der Waals surface area contributed by atoms with Crippen molar-refractivity contribution in [3.8, 4) is 11.5 Å². The van der Waals surface area contributed by atoms with Crippen LogP contribution >= 0.6 is 0 Å². The second-order valence-electron chi connectivity index (χ2n) is 8.79. The molecule has 3 aromatic carbocycles. The molecule has 178 valence electrons. The highest BCUT2D eigenvalue weighted by molar-refractivity contribution is 6.08. The maximum Gasteiger partial charge on any atom is 0.342 e. The monoisotopic (exact) mass is 467 g/mol. The lowest BCUT2D eigenvalue weighted by molar-refractivity contribution is 0.188. The zero-order valence-corrected chi connectivity index (χ0v) is 20.0. The van der Waals surface area contributed by atoms with Gasteiger partial charge in [0.25, 0.3) is 0 Å². The number of hydrogen-bond acceptors (Lipinski definition) is 4. The van der Waals surface area contributed by atoms with Gasteiger partial charge >= 0.3 is 6.03 Å². The molecule has 0 saturated heterocycles. The molecule has 1 saturated carbocycles. The Kier molecular flexibility index (Phi) is 6.53. The van der Waals surface area contributed by atoms with E-state index >= 15 is 0 Å². The molecule has 2 amide bonds. The van der Waals surface area contributed by atoms with Gasteiger partial charge in [-0.25, -0.2) is 9.80 Å². The van der Waals surface area contributed by atoms with Crippen LogP contribution in [0.1, 0.15) is 36.4 Å². The van der Waals surface area contributed by atoms with Crippen LogP contribution in [0, 0.1) is 5.92 Å². The maximum atomic E-state index is 13.5. The zero-order valence-electron chi connectivity index (χ0n) is 20.0. The Hall–Kier alpha value is -4.06. The fourth-order valence-electron chi connectivity index (χ4n) is 4.91. The van der Waals surface area contributed by atoms with Gasteiger partial charge < -0.3 is 14.8 Å². The van der Waals surface area contributed by atoms with Gasteiger partial charge in [0, 0.05) is 11.6 Å². The van der Waals surface area contributed by atoms with E-state index in [1.54, 1.807) is 19.2 Å². The molecular weight excluding hydrogens is 438 g/mol. The van der Waals surface area contributed by atoms with Crippen molar-refractivity contribution in [1.29, 1.82) is 0 Å². The summed E-state index contributed by atoms with van der Waals surface area (Å²) in [7, 11) is 3.32. The van der Waals surface area contributed by atoms with Crippen LogP contribution < -0.4 is 14.8 Å². The molecule has 1 heterocycles. The zero-order chi connectivity index (χ0) is 24.2. The fraction of sp³-hybridized carbons (Fsp3) is 0.241. The Morgan fingerprint density at radius 3 is 2.26 bits per heavy atom. The van der Waals surface area contributed by atoms with Crippen molar-refractivity contribution in [2.45, 2.75) is 25.3 Å². The van der Waals surface area contributed by atoms with Crippen LogP contribution in [-0.2, 0) is 0 Å². The van der Waals surface area contributed by atoms with E-state index < -0.39 is 0 Å². The third-order valence-corrected chi connectivity index (χ3v) is 6.65. The first-order valence-electron chi connectivity index (χ1n) is 11.9. The standard InChI is InChI=1S/C29H29N3O3/c1-34-24-15-11-20(12-16-24)19-22-7-6-10-26-27(22)31-32(29(33)30-23-8-4-3-5-9-23)28(26)21-13-17-25(35-2)18-14-21/h3-5,8-9,11-19,26,28H,6-7,10H2,1-2H3,(H,30,33)/b22-19+/t26-,28-/m1/s1. The predicted octanol–water partition coefficient (Wildman–Crippen LogP) is 6.53. The first-order chi connectivity index (χ1) is 17.2. The lowest BCUT2D eigenvalue weighted by Gasteiger charge is -2.29. The van der Waals surface area contributed by atoms with E-state index in [1.807, 2.05) is 78.9 Å². The van der Waals surface area contributed by atoms with Gasteiger partial charge in [0.15, 0.2) is 0 Å². The number of ether oxygens (including phenoxy) is 2. The minimum atomic E-state index is -0.234. The summed E-state index contributed by atoms with van der Waals surface area (Å²) >= 11 is 0. The Morgan fingerprint density at radius 2 is 1.60 bits per heavy atom. The van der Waals surface area contributed by atoms with E-state index in [2.05, 4.69) is 11.4 Å². The summed E-state index contributed by atoms with van der Waals surface area (Å²) in [5.74, 6) is 1.75. The summed E-state index contributed by atoms with van der Waals surface area (Å²) in [6.45, 7) is 0. The first kappa shape index (κ1) is 22.7. The number of anilines is 1. The summed E-state index contributed by atoms with van der Waals surface area (Å²) in [6.07, 6.45) is 5.15. The van der Waals surface area contributed by atoms with Crippen molar-refractivity contribution in [2.24, 2.45) is 11.0 Å². The SMILES string of the molecule is COc1ccc(/C=C2\CCC[C@@H]3C2=NN(C(=O)Nc2ccccc2)[C@@H]3c2ccc(OC)cc2)cc1. The average molecular weight is 468 g/mol. The van der Waals surface area contributed by atoms with Gasteiger partial charge in [0.05, 0.1) is 26.0 Å². The number of carbonyl (C=O) groups is 1. The molecule has 0 spiro atoms. The van der Waals surface area contributed by atoms with Gasteiger partial charge in [-0.3, -0.25) is 0 Å². The Labute approximate surface area is 205 Å². The molecule has 6 heteroatoms. The number of para-hydroxylation sites is 1. The summed E-state index contributed by atoms with van der Waals surface area (Å²) < 4.78 is 10.6. The minimum Gasteiger partial charge on any atom is -0.497 e. The molecule has 1 aliphatic carbocycles. The van der Waals surface area contributed by atoms with Gasteiger partial charge in [-0.05, 0) is 78.4 Å².